The van der Waals surface area contributed by atoms with Crippen LogP contribution in [0.25, 0.3) is 0 Å². The highest BCUT2D eigenvalue weighted by atomic mass is 14.9. The Kier molecular flexibility index (Phi) is 4.58. The minimum atomic E-state index is 0.330. The van der Waals surface area contributed by atoms with Gasteiger partial charge in [0.25, 0.3) is 0 Å². The van der Waals surface area contributed by atoms with Crippen LogP contribution in [-0.2, 0) is 0 Å². The molecular formula is C17H17N. The Balaban J connectivity index is 1.85. The Hall–Kier alpha value is -2.04. The lowest BCUT2D eigenvalue weighted by atomic mass is 10.1. The Morgan fingerprint density at radius 2 is 1.56 bits per heavy atom. The largest absolute Gasteiger partial charge is 0.300 e. The first kappa shape index (κ1) is 12.4. The van der Waals surface area contributed by atoms with E-state index in [1.54, 1.807) is 0 Å². The van der Waals surface area contributed by atoms with Crippen molar-refractivity contribution < 1.29 is 0 Å². The van der Waals surface area contributed by atoms with Gasteiger partial charge in [0.2, 0.25) is 0 Å². The van der Waals surface area contributed by atoms with Crippen LogP contribution in [-0.4, -0.2) is 6.54 Å². The van der Waals surface area contributed by atoms with Crippen LogP contribution >= 0.6 is 0 Å². The summed E-state index contributed by atoms with van der Waals surface area (Å²) >= 11 is 0. The van der Waals surface area contributed by atoms with Gasteiger partial charge in [0.15, 0.2) is 0 Å². The molecule has 18 heavy (non-hydrogen) atoms. The molecule has 0 amide bonds. The summed E-state index contributed by atoms with van der Waals surface area (Å²) in [5.41, 5.74) is 2.35. The van der Waals surface area contributed by atoms with Gasteiger partial charge in [-0.25, -0.2) is 0 Å². The predicted molar refractivity (Wildman–Crippen MR) is 76.2 cm³/mol. The van der Waals surface area contributed by atoms with Crippen molar-refractivity contribution in [1.29, 1.82) is 0 Å². The first-order valence-electron chi connectivity index (χ1n) is 6.18. The average molecular weight is 235 g/mol. The standard InChI is InChI=1S/C17H17N/c1-15(17-12-6-3-7-13-17)18-14-8-11-16-9-4-2-5-10-16/h2-7,9-10,12-13,15,18H,14H2,1H3. The number of benzene rings is 2. The molecule has 90 valence electrons. The third kappa shape index (κ3) is 3.76. The zero-order chi connectivity index (χ0) is 12.6. The van der Waals surface area contributed by atoms with Gasteiger partial charge >= 0.3 is 0 Å². The fourth-order valence-corrected chi connectivity index (χ4v) is 1.73. The number of hydrogen-bond donors (Lipinski definition) is 1. The van der Waals surface area contributed by atoms with Crippen LogP contribution in [0.3, 0.4) is 0 Å². The van der Waals surface area contributed by atoms with Gasteiger partial charge in [0.05, 0.1) is 6.54 Å². The third-order valence-electron chi connectivity index (χ3n) is 2.80. The van der Waals surface area contributed by atoms with Gasteiger partial charge in [-0.2, -0.15) is 0 Å². The zero-order valence-corrected chi connectivity index (χ0v) is 10.6. The fourth-order valence-electron chi connectivity index (χ4n) is 1.73. The van der Waals surface area contributed by atoms with E-state index in [0.717, 1.165) is 5.56 Å². The highest BCUT2D eigenvalue weighted by Gasteiger charge is 2.00. The van der Waals surface area contributed by atoms with Crippen LogP contribution in [0.4, 0.5) is 0 Å². The summed E-state index contributed by atoms with van der Waals surface area (Å²) in [5, 5.41) is 3.40. The molecule has 1 N–H and O–H groups in total. The van der Waals surface area contributed by atoms with E-state index in [1.165, 1.54) is 5.56 Å². The molecular weight excluding hydrogens is 218 g/mol. The van der Waals surface area contributed by atoms with Crippen LogP contribution in [0.15, 0.2) is 60.7 Å². The fraction of sp³-hybridized carbons (Fsp3) is 0.176. The first-order chi connectivity index (χ1) is 8.86. The molecule has 0 heterocycles. The summed E-state index contributed by atoms with van der Waals surface area (Å²) in [6, 6.07) is 20.8. The highest BCUT2D eigenvalue weighted by Crippen LogP contribution is 2.10. The molecule has 1 nitrogen and oxygen atoms in total. The van der Waals surface area contributed by atoms with Crippen molar-refractivity contribution in [1.82, 2.24) is 5.32 Å². The van der Waals surface area contributed by atoms with E-state index in [2.05, 4.69) is 48.3 Å². The van der Waals surface area contributed by atoms with E-state index >= 15 is 0 Å². The van der Waals surface area contributed by atoms with Gasteiger partial charge in [0, 0.05) is 11.6 Å². The molecule has 2 aromatic rings. The lowest BCUT2D eigenvalue weighted by Gasteiger charge is -2.11. The van der Waals surface area contributed by atoms with E-state index in [0.29, 0.717) is 12.6 Å². The number of nitrogens with one attached hydrogen (secondary N) is 1. The van der Waals surface area contributed by atoms with Crippen molar-refractivity contribution >= 4 is 0 Å². The minimum Gasteiger partial charge on any atom is -0.300 e. The van der Waals surface area contributed by atoms with Gasteiger partial charge in [-0.1, -0.05) is 60.4 Å². The van der Waals surface area contributed by atoms with Crippen LogP contribution in [0.2, 0.25) is 0 Å². The molecule has 0 saturated heterocycles. The second-order valence-electron chi connectivity index (χ2n) is 4.18. The maximum Gasteiger partial charge on any atom is 0.0584 e. The summed E-state index contributed by atoms with van der Waals surface area (Å²) in [6.45, 7) is 2.85. The molecule has 0 spiro atoms. The molecule has 0 aliphatic heterocycles. The Morgan fingerprint density at radius 3 is 2.22 bits per heavy atom. The van der Waals surface area contributed by atoms with E-state index in [-0.39, 0.29) is 0 Å². The Bertz CT molecular complexity index is 520. The van der Waals surface area contributed by atoms with Gasteiger partial charge in [-0.05, 0) is 24.6 Å². The second-order valence-corrected chi connectivity index (χ2v) is 4.18. The summed E-state index contributed by atoms with van der Waals surface area (Å²) in [6.07, 6.45) is 0. The third-order valence-corrected chi connectivity index (χ3v) is 2.80. The zero-order valence-electron chi connectivity index (χ0n) is 10.6. The Labute approximate surface area is 109 Å². The van der Waals surface area contributed by atoms with Gasteiger partial charge < -0.3 is 0 Å². The summed E-state index contributed by atoms with van der Waals surface area (Å²) < 4.78 is 0. The molecule has 0 aromatic heterocycles. The maximum absolute atomic E-state index is 3.40. The van der Waals surface area contributed by atoms with Crippen molar-refractivity contribution in [3.05, 3.63) is 71.8 Å². The minimum absolute atomic E-state index is 0.330. The van der Waals surface area contributed by atoms with E-state index in [9.17, 15) is 0 Å². The van der Waals surface area contributed by atoms with E-state index in [4.69, 9.17) is 0 Å². The summed E-state index contributed by atoms with van der Waals surface area (Å²) in [5.74, 6) is 6.28. The van der Waals surface area contributed by atoms with Crippen molar-refractivity contribution in [3.8, 4) is 11.8 Å². The van der Waals surface area contributed by atoms with Crippen LogP contribution in [0.5, 0.6) is 0 Å². The lowest BCUT2D eigenvalue weighted by Crippen LogP contribution is -2.18. The maximum atomic E-state index is 3.40. The average Bonchev–Trinajstić information content (AvgIpc) is 2.45. The smallest absolute Gasteiger partial charge is 0.0584 e. The normalized spacial score (nSPS) is 11.4. The lowest BCUT2D eigenvalue weighted by molar-refractivity contribution is 0.623. The molecule has 0 saturated carbocycles. The molecule has 2 aromatic carbocycles. The number of rotatable bonds is 3. The van der Waals surface area contributed by atoms with E-state index < -0.39 is 0 Å². The topological polar surface area (TPSA) is 12.0 Å². The molecule has 0 aliphatic rings. The van der Waals surface area contributed by atoms with Crippen molar-refractivity contribution in [2.75, 3.05) is 6.54 Å². The first-order valence-corrected chi connectivity index (χ1v) is 6.18. The van der Waals surface area contributed by atoms with Crippen LogP contribution in [0.1, 0.15) is 24.1 Å². The molecule has 0 aliphatic carbocycles. The summed E-state index contributed by atoms with van der Waals surface area (Å²) in [4.78, 5) is 0. The quantitative estimate of drug-likeness (QED) is 0.804. The van der Waals surface area contributed by atoms with Crippen LogP contribution in [0, 0.1) is 11.8 Å². The van der Waals surface area contributed by atoms with Crippen molar-refractivity contribution in [2.24, 2.45) is 0 Å². The van der Waals surface area contributed by atoms with Gasteiger partial charge in [0.1, 0.15) is 0 Å². The predicted octanol–water partition coefficient (Wildman–Crippen LogP) is 3.39. The van der Waals surface area contributed by atoms with Gasteiger partial charge in [-0.15, -0.1) is 0 Å². The number of hydrogen-bond acceptors (Lipinski definition) is 1. The molecule has 2 rings (SSSR count). The Morgan fingerprint density at radius 1 is 0.944 bits per heavy atom. The SMILES string of the molecule is CC(NCC#Cc1ccccc1)c1ccccc1. The van der Waals surface area contributed by atoms with Crippen molar-refractivity contribution in [3.63, 3.8) is 0 Å². The molecule has 0 radical (unpaired) electrons. The van der Waals surface area contributed by atoms with E-state index in [1.807, 2.05) is 36.4 Å². The summed E-state index contributed by atoms with van der Waals surface area (Å²) in [7, 11) is 0. The molecule has 1 heteroatoms. The van der Waals surface area contributed by atoms with Crippen LogP contribution < -0.4 is 5.32 Å². The second kappa shape index (κ2) is 6.64. The molecule has 0 fully saturated rings. The molecule has 0 bridgehead atoms. The molecule has 1 atom stereocenters. The van der Waals surface area contributed by atoms with Crippen molar-refractivity contribution in [2.45, 2.75) is 13.0 Å². The molecule has 1 unspecified atom stereocenters. The monoisotopic (exact) mass is 235 g/mol. The van der Waals surface area contributed by atoms with Gasteiger partial charge in [-0.3, -0.25) is 5.32 Å². The highest BCUT2D eigenvalue weighted by molar-refractivity contribution is 5.33.